The standard InChI is InChI=1S/C12H12N4O2S/c17-12(18)10-6-13-11(19-10)5-4-8-7-16(15-14-8)9-2-1-3-9/h4-7,9H,1-3H2,(H,17,18)/b5-4+. The zero-order valence-electron chi connectivity index (χ0n) is 10.1. The van der Waals surface area contributed by atoms with Crippen LogP contribution in [0.1, 0.15) is 45.7 Å². The number of hydrogen-bond acceptors (Lipinski definition) is 5. The molecule has 1 N–H and O–H groups in total. The second-order valence-electron chi connectivity index (χ2n) is 4.41. The number of thiazole rings is 1. The highest BCUT2D eigenvalue weighted by Gasteiger charge is 2.20. The molecular formula is C12H12N4O2S. The number of rotatable bonds is 4. The molecule has 1 aliphatic carbocycles. The quantitative estimate of drug-likeness (QED) is 0.926. The van der Waals surface area contributed by atoms with Crippen LogP contribution >= 0.6 is 11.3 Å². The largest absolute Gasteiger partial charge is 0.477 e. The molecule has 2 heterocycles. The van der Waals surface area contributed by atoms with Crippen LogP contribution in [0.5, 0.6) is 0 Å². The molecule has 0 aliphatic heterocycles. The van der Waals surface area contributed by atoms with Crippen molar-refractivity contribution in [3.63, 3.8) is 0 Å². The van der Waals surface area contributed by atoms with E-state index in [2.05, 4.69) is 15.3 Å². The summed E-state index contributed by atoms with van der Waals surface area (Å²) in [5, 5.41) is 17.6. The maximum atomic E-state index is 10.7. The molecule has 0 saturated heterocycles. The van der Waals surface area contributed by atoms with Gasteiger partial charge in [0.25, 0.3) is 0 Å². The second-order valence-corrected chi connectivity index (χ2v) is 5.47. The second kappa shape index (κ2) is 4.93. The summed E-state index contributed by atoms with van der Waals surface area (Å²) >= 11 is 1.14. The predicted molar refractivity (Wildman–Crippen MR) is 70.9 cm³/mol. The molecule has 6 nitrogen and oxygen atoms in total. The zero-order valence-corrected chi connectivity index (χ0v) is 10.9. The molecule has 0 bridgehead atoms. The van der Waals surface area contributed by atoms with Crippen molar-refractivity contribution in [1.82, 2.24) is 20.0 Å². The fourth-order valence-corrected chi connectivity index (χ4v) is 2.48. The maximum Gasteiger partial charge on any atom is 0.347 e. The molecule has 0 unspecified atom stereocenters. The van der Waals surface area contributed by atoms with E-state index >= 15 is 0 Å². The van der Waals surface area contributed by atoms with Crippen LogP contribution in [0.2, 0.25) is 0 Å². The monoisotopic (exact) mass is 276 g/mol. The van der Waals surface area contributed by atoms with E-state index in [0.29, 0.717) is 11.0 Å². The Balaban J connectivity index is 1.70. The van der Waals surface area contributed by atoms with E-state index in [-0.39, 0.29) is 4.88 Å². The van der Waals surface area contributed by atoms with Gasteiger partial charge in [-0.2, -0.15) is 0 Å². The molecule has 3 rings (SSSR count). The Bertz CT molecular complexity index is 627. The van der Waals surface area contributed by atoms with Gasteiger partial charge in [0.1, 0.15) is 15.6 Å². The van der Waals surface area contributed by atoms with Gasteiger partial charge in [-0.05, 0) is 31.4 Å². The number of hydrogen-bond donors (Lipinski definition) is 1. The Morgan fingerprint density at radius 2 is 2.32 bits per heavy atom. The summed E-state index contributed by atoms with van der Waals surface area (Å²) in [5.74, 6) is -0.951. The molecule has 98 valence electrons. The summed E-state index contributed by atoms with van der Waals surface area (Å²) in [7, 11) is 0. The molecule has 0 atom stereocenters. The Hall–Kier alpha value is -2.02. The van der Waals surface area contributed by atoms with Crippen molar-refractivity contribution in [1.29, 1.82) is 0 Å². The van der Waals surface area contributed by atoms with E-state index in [1.54, 1.807) is 12.2 Å². The first kappa shape index (κ1) is 12.0. The van der Waals surface area contributed by atoms with Gasteiger partial charge in [-0.1, -0.05) is 5.21 Å². The van der Waals surface area contributed by atoms with Gasteiger partial charge in [-0.15, -0.1) is 16.4 Å². The highest BCUT2D eigenvalue weighted by atomic mass is 32.1. The van der Waals surface area contributed by atoms with Gasteiger partial charge in [0, 0.05) is 0 Å². The fourth-order valence-electron chi connectivity index (χ4n) is 1.82. The smallest absolute Gasteiger partial charge is 0.347 e. The molecule has 7 heteroatoms. The SMILES string of the molecule is O=C(O)c1cnc(/C=C/c2cn(C3CCC3)nn2)s1. The first-order valence-corrected chi connectivity index (χ1v) is 6.83. The lowest BCUT2D eigenvalue weighted by Crippen LogP contribution is -2.17. The summed E-state index contributed by atoms with van der Waals surface area (Å²) in [5.41, 5.74) is 0.763. The first-order valence-electron chi connectivity index (χ1n) is 6.01. The van der Waals surface area contributed by atoms with Gasteiger partial charge < -0.3 is 5.11 Å². The Morgan fingerprint density at radius 1 is 1.47 bits per heavy atom. The number of carboxylic acids is 1. The van der Waals surface area contributed by atoms with Crippen molar-refractivity contribution in [3.8, 4) is 0 Å². The molecule has 0 aromatic carbocycles. The van der Waals surface area contributed by atoms with Crippen LogP contribution in [0.25, 0.3) is 12.2 Å². The van der Waals surface area contributed by atoms with Gasteiger partial charge in [0.15, 0.2) is 0 Å². The van der Waals surface area contributed by atoms with Crippen LogP contribution in [0.4, 0.5) is 0 Å². The summed E-state index contributed by atoms with van der Waals surface area (Å²) in [6.45, 7) is 0. The van der Waals surface area contributed by atoms with Gasteiger partial charge in [0.2, 0.25) is 0 Å². The van der Waals surface area contributed by atoms with Crippen molar-refractivity contribution in [3.05, 3.63) is 28.0 Å². The zero-order chi connectivity index (χ0) is 13.2. The highest BCUT2D eigenvalue weighted by molar-refractivity contribution is 7.14. The molecule has 1 saturated carbocycles. The van der Waals surface area contributed by atoms with Crippen LogP contribution in [0, 0.1) is 0 Å². The van der Waals surface area contributed by atoms with Crippen LogP contribution in [0.3, 0.4) is 0 Å². The molecule has 1 aliphatic rings. The average Bonchev–Trinajstić information content (AvgIpc) is 2.92. The number of carbonyl (C=O) groups is 1. The maximum absolute atomic E-state index is 10.7. The number of nitrogens with zero attached hydrogens (tertiary/aromatic N) is 4. The van der Waals surface area contributed by atoms with Crippen LogP contribution in [-0.4, -0.2) is 31.1 Å². The molecule has 2 aromatic rings. The molecule has 0 radical (unpaired) electrons. The first-order chi connectivity index (χ1) is 9.22. The molecule has 2 aromatic heterocycles. The summed E-state index contributed by atoms with van der Waals surface area (Å²) < 4.78 is 1.90. The number of aromatic nitrogens is 4. The Morgan fingerprint density at radius 3 is 2.95 bits per heavy atom. The minimum atomic E-state index is -0.951. The molecular weight excluding hydrogens is 264 g/mol. The fraction of sp³-hybridized carbons (Fsp3) is 0.333. The van der Waals surface area contributed by atoms with E-state index in [1.807, 2.05) is 10.9 Å². The third kappa shape index (κ3) is 2.55. The van der Waals surface area contributed by atoms with Crippen molar-refractivity contribution in [2.45, 2.75) is 25.3 Å². The molecule has 0 spiro atoms. The van der Waals surface area contributed by atoms with Crippen LogP contribution in [-0.2, 0) is 0 Å². The van der Waals surface area contributed by atoms with Gasteiger partial charge >= 0.3 is 5.97 Å². The lowest BCUT2D eigenvalue weighted by Gasteiger charge is -2.24. The molecule has 1 fully saturated rings. The molecule has 19 heavy (non-hydrogen) atoms. The van der Waals surface area contributed by atoms with E-state index in [9.17, 15) is 4.79 Å². The van der Waals surface area contributed by atoms with Crippen molar-refractivity contribution in [2.24, 2.45) is 0 Å². The van der Waals surface area contributed by atoms with Gasteiger partial charge in [0.05, 0.1) is 18.4 Å². The summed E-state index contributed by atoms with van der Waals surface area (Å²) in [6.07, 6.45) is 10.4. The van der Waals surface area contributed by atoms with Crippen molar-refractivity contribution < 1.29 is 9.90 Å². The van der Waals surface area contributed by atoms with E-state index in [4.69, 9.17) is 5.11 Å². The Kier molecular flexibility index (Phi) is 3.12. The van der Waals surface area contributed by atoms with E-state index in [1.165, 1.54) is 25.5 Å². The number of aromatic carboxylic acids is 1. The Labute approximate surface area is 113 Å². The van der Waals surface area contributed by atoms with E-state index in [0.717, 1.165) is 17.0 Å². The van der Waals surface area contributed by atoms with Gasteiger partial charge in [-0.25, -0.2) is 14.5 Å². The summed E-state index contributed by atoms with van der Waals surface area (Å²) in [6, 6.07) is 0.494. The van der Waals surface area contributed by atoms with E-state index < -0.39 is 5.97 Å². The van der Waals surface area contributed by atoms with Gasteiger partial charge in [-0.3, -0.25) is 0 Å². The number of carboxylic acid groups (broad SMARTS) is 1. The van der Waals surface area contributed by atoms with Crippen molar-refractivity contribution >= 4 is 29.5 Å². The average molecular weight is 276 g/mol. The topological polar surface area (TPSA) is 80.9 Å². The minimum absolute atomic E-state index is 0.234. The third-order valence-corrected chi connectivity index (χ3v) is 4.06. The minimum Gasteiger partial charge on any atom is -0.477 e. The van der Waals surface area contributed by atoms with Crippen LogP contribution in [0.15, 0.2) is 12.4 Å². The lowest BCUT2D eigenvalue weighted by molar-refractivity contribution is 0.0702. The normalized spacial score (nSPS) is 15.8. The van der Waals surface area contributed by atoms with Crippen molar-refractivity contribution in [2.75, 3.05) is 0 Å². The van der Waals surface area contributed by atoms with Crippen LogP contribution < -0.4 is 0 Å². The third-order valence-electron chi connectivity index (χ3n) is 3.11. The lowest BCUT2D eigenvalue weighted by atomic mass is 9.93. The summed E-state index contributed by atoms with van der Waals surface area (Å²) in [4.78, 5) is 15.0. The predicted octanol–water partition coefficient (Wildman–Crippen LogP) is 2.33. The highest BCUT2D eigenvalue weighted by Crippen LogP contribution is 2.30. The molecule has 0 amide bonds.